The maximum atomic E-state index is 12.7. The summed E-state index contributed by atoms with van der Waals surface area (Å²) in [6.45, 7) is 13.9. The van der Waals surface area contributed by atoms with Crippen molar-refractivity contribution in [2.24, 2.45) is 0 Å². The third-order valence-electron chi connectivity index (χ3n) is 10.7. The van der Waals surface area contributed by atoms with Gasteiger partial charge >= 0.3 is 11.9 Å². The first kappa shape index (κ1) is 50.9. The van der Waals surface area contributed by atoms with Crippen LogP contribution in [0.15, 0.2) is 0 Å². The van der Waals surface area contributed by atoms with E-state index >= 15 is 0 Å². The Labute approximate surface area is 324 Å². The van der Waals surface area contributed by atoms with Gasteiger partial charge in [-0.1, -0.05) is 156 Å². The van der Waals surface area contributed by atoms with E-state index in [0.29, 0.717) is 12.8 Å². The lowest BCUT2D eigenvalue weighted by molar-refractivity contribution is -0.157. The number of rotatable bonds is 41. The minimum atomic E-state index is -0.352. The van der Waals surface area contributed by atoms with Gasteiger partial charge in [-0.3, -0.25) is 9.59 Å². The number of hydrogen-bond donors (Lipinski definition) is 1. The van der Waals surface area contributed by atoms with E-state index in [1.807, 2.05) is 0 Å². The molecule has 0 heterocycles. The average Bonchev–Trinajstić information content (AvgIpc) is 3.11. The topological polar surface area (TPSA) is 76.1 Å². The molecule has 6 nitrogen and oxygen atoms in total. The molecule has 0 saturated heterocycles. The third-order valence-corrected chi connectivity index (χ3v) is 10.7. The Bertz CT molecular complexity index is 756. The van der Waals surface area contributed by atoms with E-state index in [1.54, 1.807) is 0 Å². The highest BCUT2D eigenvalue weighted by molar-refractivity contribution is 5.70. The first-order valence-electron chi connectivity index (χ1n) is 23.0. The Kier molecular flexibility index (Phi) is 37.3. The van der Waals surface area contributed by atoms with E-state index < -0.39 is 0 Å². The van der Waals surface area contributed by atoms with Gasteiger partial charge in [0, 0.05) is 19.4 Å². The molecule has 0 bridgehead atoms. The molecule has 52 heavy (non-hydrogen) atoms. The second-order valence-electron chi connectivity index (χ2n) is 16.6. The normalized spacial score (nSPS) is 11.9. The Morgan fingerprint density at radius 3 is 1.35 bits per heavy atom. The van der Waals surface area contributed by atoms with Gasteiger partial charge in [-0.15, -0.1) is 0 Å². The summed E-state index contributed by atoms with van der Waals surface area (Å²) in [6, 6.07) is 0. The fourth-order valence-electron chi connectivity index (χ4n) is 7.30. The van der Waals surface area contributed by atoms with Gasteiger partial charge in [0.1, 0.15) is 11.7 Å². The highest BCUT2D eigenvalue weighted by Gasteiger charge is 2.22. The maximum absolute atomic E-state index is 12.7. The molecule has 0 aliphatic heterocycles. The number of unbranched alkanes of at least 4 members (excludes halogenated alkanes) is 23. The molecule has 0 atom stereocenters. The number of esters is 2. The Balaban J connectivity index is 4.05. The molecule has 1 N–H and O–H groups in total. The molecule has 0 aromatic carbocycles. The zero-order valence-corrected chi connectivity index (χ0v) is 35.8. The van der Waals surface area contributed by atoms with E-state index in [-0.39, 0.29) is 30.3 Å². The van der Waals surface area contributed by atoms with Gasteiger partial charge in [0.25, 0.3) is 0 Å². The zero-order valence-electron chi connectivity index (χ0n) is 35.8. The van der Waals surface area contributed by atoms with Gasteiger partial charge in [-0.05, 0) is 91.1 Å². The van der Waals surface area contributed by atoms with Crippen molar-refractivity contribution in [3.63, 3.8) is 0 Å². The maximum Gasteiger partial charge on any atom is 0.306 e. The molecule has 0 aromatic rings. The Hall–Kier alpha value is -1.14. The molecule has 310 valence electrons. The Morgan fingerprint density at radius 1 is 0.500 bits per heavy atom. The molecule has 0 rings (SSSR count). The Morgan fingerprint density at radius 2 is 0.885 bits per heavy atom. The molecule has 6 heteroatoms. The van der Waals surface area contributed by atoms with Crippen molar-refractivity contribution >= 4 is 11.9 Å². The number of hydrogen-bond acceptors (Lipinski definition) is 6. The first-order chi connectivity index (χ1) is 25.3. The van der Waals surface area contributed by atoms with Gasteiger partial charge in [0.05, 0.1) is 6.61 Å². The fourth-order valence-corrected chi connectivity index (χ4v) is 7.30. The van der Waals surface area contributed by atoms with Crippen LogP contribution in [0.4, 0.5) is 0 Å². The predicted octanol–water partition coefficient (Wildman–Crippen LogP) is 13.4. The van der Waals surface area contributed by atoms with E-state index in [0.717, 1.165) is 103 Å². The number of nitrogens with zero attached hydrogens (tertiary/aromatic N) is 1. The second-order valence-corrected chi connectivity index (χ2v) is 16.6. The van der Waals surface area contributed by atoms with Crippen molar-refractivity contribution in [1.82, 2.24) is 4.90 Å². The summed E-state index contributed by atoms with van der Waals surface area (Å²) < 4.78 is 11.8. The number of aliphatic hydroxyl groups is 1. The number of aliphatic hydroxyl groups excluding tert-OH is 1. The molecule has 0 spiro atoms. The van der Waals surface area contributed by atoms with E-state index in [2.05, 4.69) is 39.5 Å². The largest absolute Gasteiger partial charge is 0.462 e. The van der Waals surface area contributed by atoms with Crippen LogP contribution in [0.25, 0.3) is 0 Å². The molecule has 0 unspecified atom stereocenters. The summed E-state index contributed by atoms with van der Waals surface area (Å²) in [6.07, 6.45) is 38.0. The SMILES string of the molecule is CCCCCCCCC(CCCCCCCC)OC(=O)CCCCCCCN(CCO)CCCCCCCC(=O)OC(C)(C)CCCCCCCC. The zero-order chi connectivity index (χ0) is 38.4. The standard InChI is InChI=1S/C46H91NO5/c1-6-9-12-15-20-27-34-43(35-28-21-16-13-10-7-2)51-44(49)36-29-22-18-25-32-39-47(41-42-48)40-33-26-19-23-30-37-45(50)52-46(4,5)38-31-24-17-14-11-8-3/h43,48H,6-42H2,1-5H3. The van der Waals surface area contributed by atoms with E-state index in [9.17, 15) is 14.7 Å². The highest BCUT2D eigenvalue weighted by atomic mass is 16.6. The van der Waals surface area contributed by atoms with Gasteiger partial charge in [-0.25, -0.2) is 0 Å². The molecule has 0 fully saturated rings. The molecule has 0 saturated carbocycles. The average molecular weight is 738 g/mol. The molecular formula is C46H91NO5. The van der Waals surface area contributed by atoms with Crippen molar-refractivity contribution in [3.05, 3.63) is 0 Å². The monoisotopic (exact) mass is 738 g/mol. The van der Waals surface area contributed by atoms with Gasteiger partial charge < -0.3 is 19.5 Å². The van der Waals surface area contributed by atoms with Crippen molar-refractivity contribution in [1.29, 1.82) is 0 Å². The second kappa shape index (κ2) is 38.1. The van der Waals surface area contributed by atoms with Crippen LogP contribution >= 0.6 is 0 Å². The number of ether oxygens (including phenoxy) is 2. The van der Waals surface area contributed by atoms with Gasteiger partial charge in [0.2, 0.25) is 0 Å². The first-order valence-corrected chi connectivity index (χ1v) is 23.0. The lowest BCUT2D eigenvalue weighted by Gasteiger charge is -2.25. The minimum absolute atomic E-state index is 0.0128. The van der Waals surface area contributed by atoms with E-state index in [4.69, 9.17) is 9.47 Å². The predicted molar refractivity (Wildman–Crippen MR) is 223 cm³/mol. The lowest BCUT2D eigenvalue weighted by Crippen LogP contribution is -2.29. The lowest BCUT2D eigenvalue weighted by atomic mass is 9.99. The molecule has 0 radical (unpaired) electrons. The van der Waals surface area contributed by atoms with Crippen molar-refractivity contribution in [2.45, 2.75) is 258 Å². The van der Waals surface area contributed by atoms with Crippen molar-refractivity contribution in [2.75, 3.05) is 26.2 Å². The summed E-state index contributed by atoms with van der Waals surface area (Å²) in [7, 11) is 0. The summed E-state index contributed by atoms with van der Waals surface area (Å²) in [4.78, 5) is 27.5. The summed E-state index contributed by atoms with van der Waals surface area (Å²) >= 11 is 0. The van der Waals surface area contributed by atoms with Crippen LogP contribution in [0.3, 0.4) is 0 Å². The smallest absolute Gasteiger partial charge is 0.306 e. The van der Waals surface area contributed by atoms with Crippen LogP contribution in [0.5, 0.6) is 0 Å². The molecule has 0 aliphatic rings. The van der Waals surface area contributed by atoms with Crippen molar-refractivity contribution in [3.8, 4) is 0 Å². The summed E-state index contributed by atoms with van der Waals surface area (Å²) in [5.74, 6) is -0.0324. The minimum Gasteiger partial charge on any atom is -0.462 e. The van der Waals surface area contributed by atoms with Crippen LogP contribution in [-0.4, -0.2) is 59.9 Å². The van der Waals surface area contributed by atoms with Crippen LogP contribution < -0.4 is 0 Å². The summed E-state index contributed by atoms with van der Waals surface area (Å²) in [5.41, 5.74) is -0.352. The van der Waals surface area contributed by atoms with Crippen LogP contribution in [0.2, 0.25) is 0 Å². The van der Waals surface area contributed by atoms with Crippen LogP contribution in [0.1, 0.15) is 247 Å². The molecule has 0 aromatic heterocycles. The van der Waals surface area contributed by atoms with Gasteiger partial charge in [-0.2, -0.15) is 0 Å². The van der Waals surface area contributed by atoms with Crippen LogP contribution in [-0.2, 0) is 19.1 Å². The van der Waals surface area contributed by atoms with Crippen LogP contribution in [0, 0.1) is 0 Å². The third kappa shape index (κ3) is 35.9. The number of carbonyl (C=O) groups excluding carboxylic acids is 2. The quantitative estimate of drug-likeness (QED) is 0.0497. The van der Waals surface area contributed by atoms with Gasteiger partial charge in [0.15, 0.2) is 0 Å². The van der Waals surface area contributed by atoms with Crippen molar-refractivity contribution < 1.29 is 24.2 Å². The summed E-state index contributed by atoms with van der Waals surface area (Å²) in [5, 5.41) is 9.57. The molecular weight excluding hydrogens is 647 g/mol. The number of carbonyl (C=O) groups is 2. The highest BCUT2D eigenvalue weighted by Crippen LogP contribution is 2.22. The van der Waals surface area contributed by atoms with E-state index in [1.165, 1.54) is 116 Å². The molecule has 0 aliphatic carbocycles. The fraction of sp³-hybridized carbons (Fsp3) is 0.957. The molecule has 0 amide bonds.